The second-order valence-corrected chi connectivity index (χ2v) is 7.95. The maximum atomic E-state index is 13.2. The summed E-state index contributed by atoms with van der Waals surface area (Å²) in [6.07, 6.45) is 0. The van der Waals surface area contributed by atoms with Gasteiger partial charge in [-0.05, 0) is 95.0 Å². The number of thioether (sulfide) groups is 1. The summed E-state index contributed by atoms with van der Waals surface area (Å²) in [5.74, 6) is 0.302. The lowest BCUT2D eigenvalue weighted by atomic mass is 9.93. The summed E-state index contributed by atoms with van der Waals surface area (Å²) in [4.78, 5) is 14.1. The zero-order valence-corrected chi connectivity index (χ0v) is 16.6. The summed E-state index contributed by atoms with van der Waals surface area (Å²) in [7, 11) is 0. The van der Waals surface area contributed by atoms with E-state index in [-0.39, 0.29) is 5.12 Å². The molecule has 0 saturated carbocycles. The smallest absolute Gasteiger partial charge is 0.224 e. The largest absolute Gasteiger partial charge is 0.507 e. The Hall–Kier alpha value is -3.04. The fraction of sp³-hybridized carbons (Fsp3) is 0.0800. The minimum atomic E-state index is 0.00957. The Morgan fingerprint density at radius 2 is 1.36 bits per heavy atom. The van der Waals surface area contributed by atoms with Crippen molar-refractivity contribution in [2.24, 2.45) is 0 Å². The lowest BCUT2D eigenvalue weighted by molar-refractivity contribution is 0.108. The van der Waals surface area contributed by atoms with E-state index in [0.29, 0.717) is 11.3 Å². The Bertz CT molecular complexity index is 1160. The predicted octanol–water partition coefficient (Wildman–Crippen LogP) is 6.76. The highest BCUT2D eigenvalue weighted by molar-refractivity contribution is 8.14. The molecule has 0 saturated heterocycles. The van der Waals surface area contributed by atoms with Crippen LogP contribution in [0.25, 0.3) is 21.9 Å². The van der Waals surface area contributed by atoms with Crippen LogP contribution in [0.15, 0.2) is 83.8 Å². The minimum Gasteiger partial charge on any atom is -0.507 e. The van der Waals surface area contributed by atoms with E-state index in [9.17, 15) is 9.90 Å². The van der Waals surface area contributed by atoms with Gasteiger partial charge in [-0.1, -0.05) is 42.5 Å². The molecule has 3 heteroatoms. The van der Waals surface area contributed by atoms with E-state index in [2.05, 4.69) is 12.1 Å². The van der Waals surface area contributed by atoms with Gasteiger partial charge < -0.3 is 5.11 Å². The summed E-state index contributed by atoms with van der Waals surface area (Å²) in [5.41, 5.74) is 4.11. The summed E-state index contributed by atoms with van der Waals surface area (Å²) in [6.45, 7) is 3.76. The number of aromatic hydroxyl groups is 1. The number of rotatable bonds is 3. The molecular formula is C25H20O2S. The second-order valence-electron chi connectivity index (χ2n) is 6.91. The molecule has 0 atom stereocenters. The van der Waals surface area contributed by atoms with Crippen LogP contribution in [-0.4, -0.2) is 10.2 Å². The molecule has 2 nitrogen and oxygen atoms in total. The highest BCUT2D eigenvalue weighted by Gasteiger charge is 2.17. The number of hydrogen-bond acceptors (Lipinski definition) is 3. The van der Waals surface area contributed by atoms with Crippen LogP contribution in [0.4, 0.5) is 0 Å². The summed E-state index contributed by atoms with van der Waals surface area (Å²) in [5, 5.41) is 12.3. The lowest BCUT2D eigenvalue weighted by Gasteiger charge is -2.14. The van der Waals surface area contributed by atoms with E-state index in [1.807, 2.05) is 80.6 Å². The van der Waals surface area contributed by atoms with Gasteiger partial charge in [-0.3, -0.25) is 4.79 Å². The molecule has 4 aromatic carbocycles. The highest BCUT2D eigenvalue weighted by Crippen LogP contribution is 2.36. The van der Waals surface area contributed by atoms with E-state index in [1.165, 1.54) is 11.8 Å². The number of aryl methyl sites for hydroxylation is 2. The Labute approximate surface area is 168 Å². The van der Waals surface area contributed by atoms with Gasteiger partial charge in [-0.2, -0.15) is 0 Å². The Morgan fingerprint density at radius 1 is 0.786 bits per heavy atom. The molecule has 0 spiro atoms. The second kappa shape index (κ2) is 7.53. The van der Waals surface area contributed by atoms with Crippen molar-refractivity contribution >= 4 is 27.6 Å². The molecule has 0 aromatic heterocycles. The zero-order chi connectivity index (χ0) is 19.7. The third-order valence-electron chi connectivity index (χ3n) is 4.86. The Morgan fingerprint density at radius 3 is 2.00 bits per heavy atom. The van der Waals surface area contributed by atoms with Crippen LogP contribution in [0.2, 0.25) is 0 Å². The molecule has 0 aliphatic rings. The van der Waals surface area contributed by atoms with Gasteiger partial charge in [0.25, 0.3) is 0 Å². The number of carbonyl (C=O) groups excluding carboxylic acids is 1. The van der Waals surface area contributed by atoms with E-state index in [4.69, 9.17) is 0 Å². The van der Waals surface area contributed by atoms with E-state index < -0.39 is 0 Å². The van der Waals surface area contributed by atoms with Crippen LogP contribution < -0.4 is 0 Å². The zero-order valence-electron chi connectivity index (χ0n) is 15.8. The molecule has 4 aromatic rings. The monoisotopic (exact) mass is 384 g/mol. The van der Waals surface area contributed by atoms with Crippen LogP contribution in [0.3, 0.4) is 0 Å². The first-order chi connectivity index (χ1) is 13.5. The van der Waals surface area contributed by atoms with Gasteiger partial charge in [0.15, 0.2) is 0 Å². The molecule has 0 fully saturated rings. The summed E-state index contributed by atoms with van der Waals surface area (Å²) >= 11 is 1.24. The number of hydrogen-bond donors (Lipinski definition) is 1. The average Bonchev–Trinajstić information content (AvgIpc) is 2.71. The molecule has 0 bridgehead atoms. The van der Waals surface area contributed by atoms with E-state index in [1.54, 1.807) is 0 Å². The molecule has 0 aliphatic carbocycles. The molecular weight excluding hydrogens is 364 g/mol. The maximum absolute atomic E-state index is 13.2. The third kappa shape index (κ3) is 3.54. The van der Waals surface area contributed by atoms with Crippen molar-refractivity contribution in [2.75, 3.05) is 0 Å². The molecule has 0 aliphatic heterocycles. The van der Waals surface area contributed by atoms with Crippen molar-refractivity contribution in [3.8, 4) is 16.9 Å². The average molecular weight is 385 g/mol. The van der Waals surface area contributed by atoms with Gasteiger partial charge in [-0.25, -0.2) is 0 Å². The van der Waals surface area contributed by atoms with Crippen LogP contribution in [0.5, 0.6) is 5.75 Å². The van der Waals surface area contributed by atoms with Crippen molar-refractivity contribution in [3.63, 3.8) is 0 Å². The maximum Gasteiger partial charge on any atom is 0.224 e. The van der Waals surface area contributed by atoms with Gasteiger partial charge in [0.2, 0.25) is 5.12 Å². The number of fused-ring (bicyclic) bond motifs is 1. The summed E-state index contributed by atoms with van der Waals surface area (Å²) < 4.78 is 0. The first kappa shape index (κ1) is 18.3. The first-order valence-electron chi connectivity index (χ1n) is 9.13. The predicted molar refractivity (Wildman–Crippen MR) is 117 cm³/mol. The normalized spacial score (nSPS) is 10.9. The number of phenolic OH excluding ortho intramolecular Hbond substituents is 1. The van der Waals surface area contributed by atoms with Gasteiger partial charge in [-0.15, -0.1) is 0 Å². The molecule has 0 radical (unpaired) electrons. The quantitative estimate of drug-likeness (QED) is 0.396. The van der Waals surface area contributed by atoms with Crippen LogP contribution >= 0.6 is 11.8 Å². The molecule has 28 heavy (non-hydrogen) atoms. The molecule has 4 rings (SSSR count). The number of phenols is 1. The number of carbonyl (C=O) groups is 1. The van der Waals surface area contributed by atoms with Crippen molar-refractivity contribution < 1.29 is 9.90 Å². The molecule has 0 amide bonds. The van der Waals surface area contributed by atoms with Crippen LogP contribution in [-0.2, 0) is 0 Å². The summed E-state index contributed by atoms with van der Waals surface area (Å²) in [6, 6.07) is 25.7. The molecule has 138 valence electrons. The fourth-order valence-electron chi connectivity index (χ4n) is 3.41. The Kier molecular flexibility index (Phi) is 4.93. The Balaban J connectivity index is 1.89. The third-order valence-corrected chi connectivity index (χ3v) is 5.77. The highest BCUT2D eigenvalue weighted by atomic mass is 32.2. The van der Waals surface area contributed by atoms with Crippen molar-refractivity contribution in [1.29, 1.82) is 0 Å². The fourth-order valence-corrected chi connectivity index (χ4v) is 4.20. The van der Waals surface area contributed by atoms with Crippen molar-refractivity contribution in [1.82, 2.24) is 0 Å². The molecule has 0 heterocycles. The topological polar surface area (TPSA) is 37.3 Å². The molecule has 1 N–H and O–H groups in total. The minimum absolute atomic E-state index is 0.00957. The van der Waals surface area contributed by atoms with Gasteiger partial charge in [0.1, 0.15) is 5.75 Å². The van der Waals surface area contributed by atoms with Crippen LogP contribution in [0.1, 0.15) is 21.5 Å². The van der Waals surface area contributed by atoms with Crippen molar-refractivity contribution in [3.05, 3.63) is 95.6 Å². The van der Waals surface area contributed by atoms with Gasteiger partial charge in [0.05, 0.1) is 0 Å². The lowest BCUT2D eigenvalue weighted by Crippen LogP contribution is -1.98. The number of benzene rings is 4. The van der Waals surface area contributed by atoms with Gasteiger partial charge >= 0.3 is 0 Å². The van der Waals surface area contributed by atoms with Crippen molar-refractivity contribution in [2.45, 2.75) is 18.7 Å². The first-order valence-corrected chi connectivity index (χ1v) is 9.95. The SMILES string of the molecule is Cc1cc(-c2cc3ccccc3cc2C(=O)Sc2ccccc2)cc(C)c1O. The van der Waals surface area contributed by atoms with Crippen LogP contribution in [0, 0.1) is 13.8 Å². The van der Waals surface area contributed by atoms with E-state index >= 15 is 0 Å². The molecule has 0 unspecified atom stereocenters. The van der Waals surface area contributed by atoms with Gasteiger partial charge in [0, 0.05) is 10.5 Å². The van der Waals surface area contributed by atoms with E-state index in [0.717, 1.165) is 37.9 Å². The standard InChI is InChI=1S/C25H20O2S/c1-16-12-20(13-17(2)24(16)26)22-14-18-8-6-7-9-19(18)15-23(22)25(27)28-21-10-4-3-5-11-21/h3-15,26H,1-2H3.